The van der Waals surface area contributed by atoms with Crippen LogP contribution in [0.1, 0.15) is 23.1 Å². The smallest absolute Gasteiger partial charge is 0.123 e. The molecule has 0 bridgehead atoms. The Balaban J connectivity index is 1.96. The number of hydrogen-bond acceptors (Lipinski definition) is 2. The van der Waals surface area contributed by atoms with Crippen molar-refractivity contribution in [3.05, 3.63) is 65.5 Å². The van der Waals surface area contributed by atoms with Gasteiger partial charge in [0.1, 0.15) is 11.6 Å². The number of rotatable bonds is 3. The molecule has 0 aliphatic carbocycles. The van der Waals surface area contributed by atoms with Gasteiger partial charge in [0.05, 0.1) is 6.61 Å². The average Bonchev–Trinajstić information content (AvgIpc) is 2.84. The summed E-state index contributed by atoms with van der Waals surface area (Å²) in [5.41, 5.74) is 2.14. The highest BCUT2D eigenvalue weighted by Gasteiger charge is 2.31. The number of hydrogen-bond donors (Lipinski definition) is 1. The van der Waals surface area contributed by atoms with E-state index >= 15 is 0 Å². The summed E-state index contributed by atoms with van der Waals surface area (Å²) in [6.07, 6.45) is 0. The number of fused-ring (bicyclic) bond motifs is 1. The summed E-state index contributed by atoms with van der Waals surface area (Å²) in [5.74, 6) is 0.942. The Labute approximate surface area is 112 Å². The molecule has 1 N–H and O–H groups in total. The molecule has 2 atom stereocenters. The molecule has 0 spiro atoms. The molecule has 0 saturated carbocycles. The molecule has 3 heteroatoms. The van der Waals surface area contributed by atoms with Crippen molar-refractivity contribution in [2.75, 3.05) is 13.7 Å². The van der Waals surface area contributed by atoms with Crippen LogP contribution in [0.3, 0.4) is 0 Å². The number of halogens is 1. The van der Waals surface area contributed by atoms with Gasteiger partial charge in [-0.1, -0.05) is 30.3 Å². The van der Waals surface area contributed by atoms with Crippen LogP contribution in [0.15, 0.2) is 48.5 Å². The Morgan fingerprint density at radius 3 is 2.84 bits per heavy atom. The quantitative estimate of drug-likeness (QED) is 0.911. The molecule has 2 nitrogen and oxygen atoms in total. The van der Waals surface area contributed by atoms with Gasteiger partial charge in [0.15, 0.2) is 0 Å². The number of ether oxygens (including phenoxy) is 1. The SMILES string of the molecule is CNC(c1cccc(F)c1)C1COc2ccccc21. The Kier molecular flexibility index (Phi) is 3.22. The Bertz CT molecular complexity index is 584. The normalized spacial score (nSPS) is 18.7. The largest absolute Gasteiger partial charge is 0.493 e. The summed E-state index contributed by atoms with van der Waals surface area (Å²) in [6, 6.07) is 14.8. The first kappa shape index (κ1) is 12.2. The second-order valence-corrected chi connectivity index (χ2v) is 4.78. The van der Waals surface area contributed by atoms with E-state index in [0.29, 0.717) is 6.61 Å². The first-order valence-corrected chi connectivity index (χ1v) is 6.44. The summed E-state index contributed by atoms with van der Waals surface area (Å²) < 4.78 is 19.1. The van der Waals surface area contributed by atoms with Crippen LogP contribution in [0.2, 0.25) is 0 Å². The third-order valence-corrected chi connectivity index (χ3v) is 3.66. The maximum Gasteiger partial charge on any atom is 0.123 e. The number of likely N-dealkylation sites (N-methyl/N-ethyl adjacent to an activating group) is 1. The molecule has 2 aromatic carbocycles. The van der Waals surface area contributed by atoms with Crippen LogP contribution >= 0.6 is 0 Å². The van der Waals surface area contributed by atoms with Gasteiger partial charge >= 0.3 is 0 Å². The molecule has 0 saturated heterocycles. The van der Waals surface area contributed by atoms with Crippen LogP contribution in [-0.4, -0.2) is 13.7 Å². The number of benzene rings is 2. The zero-order chi connectivity index (χ0) is 13.2. The molecule has 0 fully saturated rings. The zero-order valence-corrected chi connectivity index (χ0v) is 10.8. The summed E-state index contributed by atoms with van der Waals surface area (Å²) in [6.45, 7) is 0.626. The van der Waals surface area contributed by atoms with Crippen LogP contribution in [0.25, 0.3) is 0 Å². The lowest BCUT2D eigenvalue weighted by Crippen LogP contribution is -2.25. The average molecular weight is 257 g/mol. The Hall–Kier alpha value is -1.87. The number of para-hydroxylation sites is 1. The molecule has 19 heavy (non-hydrogen) atoms. The van der Waals surface area contributed by atoms with Crippen molar-refractivity contribution < 1.29 is 9.13 Å². The summed E-state index contributed by atoms with van der Waals surface area (Å²) in [4.78, 5) is 0. The van der Waals surface area contributed by atoms with Crippen molar-refractivity contribution in [3.63, 3.8) is 0 Å². The van der Waals surface area contributed by atoms with Gasteiger partial charge in [-0.05, 0) is 30.8 Å². The molecule has 1 aliphatic rings. The molecule has 1 aliphatic heterocycles. The van der Waals surface area contributed by atoms with Crippen molar-refractivity contribution >= 4 is 0 Å². The summed E-state index contributed by atoms with van der Waals surface area (Å²) >= 11 is 0. The monoisotopic (exact) mass is 257 g/mol. The molecular weight excluding hydrogens is 241 g/mol. The van der Waals surface area contributed by atoms with Crippen LogP contribution in [0.4, 0.5) is 4.39 Å². The van der Waals surface area contributed by atoms with E-state index in [-0.39, 0.29) is 17.8 Å². The van der Waals surface area contributed by atoms with Crippen molar-refractivity contribution in [1.82, 2.24) is 5.32 Å². The standard InChI is InChI=1S/C16H16FNO/c1-18-16(11-5-4-6-12(17)9-11)14-10-19-15-8-3-2-7-13(14)15/h2-9,14,16,18H,10H2,1H3. The first-order chi connectivity index (χ1) is 9.29. The van der Waals surface area contributed by atoms with Gasteiger partial charge in [-0.3, -0.25) is 0 Å². The highest BCUT2D eigenvalue weighted by molar-refractivity contribution is 5.42. The van der Waals surface area contributed by atoms with Crippen LogP contribution in [0.5, 0.6) is 5.75 Å². The molecular formula is C16H16FNO. The van der Waals surface area contributed by atoms with Gasteiger partial charge in [-0.15, -0.1) is 0 Å². The van der Waals surface area contributed by atoms with Gasteiger partial charge in [0, 0.05) is 17.5 Å². The molecule has 2 unspecified atom stereocenters. The third kappa shape index (κ3) is 2.22. The van der Waals surface area contributed by atoms with Crippen molar-refractivity contribution in [2.45, 2.75) is 12.0 Å². The lowest BCUT2D eigenvalue weighted by Gasteiger charge is -2.22. The molecule has 1 heterocycles. The summed E-state index contributed by atoms with van der Waals surface area (Å²) in [7, 11) is 1.90. The molecule has 98 valence electrons. The lowest BCUT2D eigenvalue weighted by atomic mass is 9.88. The number of nitrogens with one attached hydrogen (secondary N) is 1. The van der Waals surface area contributed by atoms with Crippen LogP contribution in [-0.2, 0) is 0 Å². The zero-order valence-electron chi connectivity index (χ0n) is 10.8. The second-order valence-electron chi connectivity index (χ2n) is 4.78. The molecule has 0 radical (unpaired) electrons. The van der Waals surface area contributed by atoms with Gasteiger partial charge < -0.3 is 10.1 Å². The van der Waals surface area contributed by atoms with Crippen molar-refractivity contribution in [2.24, 2.45) is 0 Å². The fourth-order valence-corrected chi connectivity index (χ4v) is 2.76. The molecule has 0 amide bonds. The Morgan fingerprint density at radius 1 is 1.21 bits per heavy atom. The van der Waals surface area contributed by atoms with Gasteiger partial charge in [-0.2, -0.15) is 0 Å². The highest BCUT2D eigenvalue weighted by atomic mass is 19.1. The fraction of sp³-hybridized carbons (Fsp3) is 0.250. The van der Waals surface area contributed by atoms with E-state index in [0.717, 1.165) is 11.3 Å². The minimum atomic E-state index is -0.204. The third-order valence-electron chi connectivity index (χ3n) is 3.66. The van der Waals surface area contributed by atoms with E-state index in [1.165, 1.54) is 11.6 Å². The van der Waals surface area contributed by atoms with E-state index in [4.69, 9.17) is 4.74 Å². The fourth-order valence-electron chi connectivity index (χ4n) is 2.76. The maximum absolute atomic E-state index is 13.4. The van der Waals surface area contributed by atoms with E-state index in [2.05, 4.69) is 11.4 Å². The van der Waals surface area contributed by atoms with E-state index in [1.54, 1.807) is 12.1 Å². The molecule has 2 aromatic rings. The van der Waals surface area contributed by atoms with Crippen LogP contribution in [0, 0.1) is 5.82 Å². The van der Waals surface area contributed by atoms with Gasteiger partial charge in [-0.25, -0.2) is 4.39 Å². The Morgan fingerprint density at radius 2 is 2.05 bits per heavy atom. The topological polar surface area (TPSA) is 21.3 Å². The second kappa shape index (κ2) is 5.02. The van der Waals surface area contributed by atoms with E-state index in [1.807, 2.05) is 31.3 Å². The van der Waals surface area contributed by atoms with Gasteiger partial charge in [0.25, 0.3) is 0 Å². The predicted octanol–water partition coefficient (Wildman–Crippen LogP) is 3.26. The van der Waals surface area contributed by atoms with Crippen LogP contribution < -0.4 is 10.1 Å². The summed E-state index contributed by atoms with van der Waals surface area (Å²) in [5, 5.41) is 3.28. The molecule has 3 rings (SSSR count). The molecule has 0 aromatic heterocycles. The highest BCUT2D eigenvalue weighted by Crippen LogP contribution is 2.40. The van der Waals surface area contributed by atoms with E-state index in [9.17, 15) is 4.39 Å². The van der Waals surface area contributed by atoms with E-state index < -0.39 is 0 Å². The maximum atomic E-state index is 13.4. The first-order valence-electron chi connectivity index (χ1n) is 6.44. The van der Waals surface area contributed by atoms with Gasteiger partial charge in [0.2, 0.25) is 0 Å². The van der Waals surface area contributed by atoms with Crippen molar-refractivity contribution in [1.29, 1.82) is 0 Å². The lowest BCUT2D eigenvalue weighted by molar-refractivity contribution is 0.304. The minimum absolute atomic E-state index is 0.0550. The minimum Gasteiger partial charge on any atom is -0.493 e. The predicted molar refractivity (Wildman–Crippen MR) is 72.9 cm³/mol. The van der Waals surface area contributed by atoms with Crippen molar-refractivity contribution in [3.8, 4) is 5.75 Å².